The van der Waals surface area contributed by atoms with Crippen LogP contribution in [-0.2, 0) is 0 Å². The van der Waals surface area contributed by atoms with Gasteiger partial charge in [-0.2, -0.15) is 0 Å². The minimum atomic E-state index is -0.150. The van der Waals surface area contributed by atoms with Crippen LogP contribution in [0.15, 0.2) is 22.7 Å². The Labute approximate surface area is 124 Å². The topological polar surface area (TPSA) is 35.5 Å². The molecule has 1 saturated heterocycles. The molecule has 0 aromatic heterocycles. The van der Waals surface area contributed by atoms with Crippen molar-refractivity contribution < 1.29 is 5.11 Å². The average Bonchev–Trinajstić information content (AvgIpc) is 2.41. The van der Waals surface area contributed by atoms with Crippen LogP contribution in [0.3, 0.4) is 0 Å². The Kier molecular flexibility index (Phi) is 4.87. The number of nitrogens with one attached hydrogen (secondary N) is 1. The first-order chi connectivity index (χ1) is 9.02. The third-order valence-electron chi connectivity index (χ3n) is 4.11. The fraction of sp³-hybridized carbons (Fsp3) is 0.600. The maximum Gasteiger partial charge on any atom is 0.0599 e. The minimum absolute atomic E-state index is 0.150. The highest BCUT2D eigenvalue weighted by Crippen LogP contribution is 2.30. The van der Waals surface area contributed by atoms with Crippen LogP contribution >= 0.6 is 15.9 Å². The van der Waals surface area contributed by atoms with Gasteiger partial charge < -0.3 is 15.3 Å². The van der Waals surface area contributed by atoms with Gasteiger partial charge in [-0.3, -0.25) is 0 Å². The van der Waals surface area contributed by atoms with E-state index in [-0.39, 0.29) is 6.10 Å². The van der Waals surface area contributed by atoms with Gasteiger partial charge in [0.2, 0.25) is 0 Å². The Morgan fingerprint density at radius 3 is 2.79 bits per heavy atom. The van der Waals surface area contributed by atoms with Gasteiger partial charge in [-0.25, -0.2) is 0 Å². The Morgan fingerprint density at radius 2 is 2.21 bits per heavy atom. The van der Waals surface area contributed by atoms with E-state index in [2.05, 4.69) is 58.2 Å². The summed E-state index contributed by atoms with van der Waals surface area (Å²) in [6.45, 7) is 6.12. The molecule has 19 heavy (non-hydrogen) atoms. The summed E-state index contributed by atoms with van der Waals surface area (Å²) in [4.78, 5) is 2.36. The van der Waals surface area contributed by atoms with Gasteiger partial charge in [-0.1, -0.05) is 28.9 Å². The molecule has 3 nitrogen and oxygen atoms in total. The lowest BCUT2D eigenvalue weighted by Crippen LogP contribution is -2.41. The monoisotopic (exact) mass is 326 g/mol. The highest BCUT2D eigenvalue weighted by atomic mass is 79.9. The molecule has 0 bridgehead atoms. The Morgan fingerprint density at radius 1 is 1.47 bits per heavy atom. The number of hydrogen-bond acceptors (Lipinski definition) is 3. The number of rotatable bonds is 3. The zero-order valence-electron chi connectivity index (χ0n) is 11.9. The van der Waals surface area contributed by atoms with Crippen molar-refractivity contribution in [3.05, 3.63) is 28.2 Å². The molecule has 1 aromatic rings. The van der Waals surface area contributed by atoms with Crippen LogP contribution in [-0.4, -0.2) is 31.3 Å². The lowest BCUT2D eigenvalue weighted by Gasteiger charge is -2.36. The molecule has 3 unspecified atom stereocenters. The fourth-order valence-corrected chi connectivity index (χ4v) is 3.30. The van der Waals surface area contributed by atoms with Crippen molar-refractivity contribution in [2.24, 2.45) is 5.92 Å². The molecule has 0 saturated carbocycles. The van der Waals surface area contributed by atoms with Gasteiger partial charge in [0.1, 0.15) is 0 Å². The minimum Gasteiger partial charge on any atom is -0.393 e. The molecule has 0 spiro atoms. The summed E-state index contributed by atoms with van der Waals surface area (Å²) >= 11 is 3.67. The Hall–Kier alpha value is -0.580. The molecule has 0 radical (unpaired) electrons. The van der Waals surface area contributed by atoms with Crippen LogP contribution < -0.4 is 10.2 Å². The van der Waals surface area contributed by atoms with Crippen LogP contribution in [0.4, 0.5) is 5.69 Å². The molecule has 2 N–H and O–H groups in total. The van der Waals surface area contributed by atoms with Crippen molar-refractivity contribution >= 4 is 21.6 Å². The first-order valence-corrected chi connectivity index (χ1v) is 7.72. The second-order valence-electron chi connectivity index (χ2n) is 5.50. The number of aliphatic hydroxyl groups is 1. The molecular weight excluding hydrogens is 304 g/mol. The Bertz CT molecular complexity index is 438. The van der Waals surface area contributed by atoms with Gasteiger partial charge >= 0.3 is 0 Å². The maximum atomic E-state index is 9.80. The van der Waals surface area contributed by atoms with Crippen LogP contribution in [0, 0.1) is 5.92 Å². The number of piperidine rings is 1. The number of nitrogens with zero attached hydrogens (tertiary/aromatic N) is 1. The standard InChI is InChI=1S/C15H23BrN2O/c1-10-9-18(7-6-15(10)19)12-4-5-13(11(2)17-3)14(16)8-12/h4-5,8,10-11,15,17,19H,6-7,9H2,1-3H3. The van der Waals surface area contributed by atoms with Crippen molar-refractivity contribution in [2.45, 2.75) is 32.4 Å². The van der Waals surface area contributed by atoms with Gasteiger partial charge in [-0.05, 0) is 44.0 Å². The van der Waals surface area contributed by atoms with E-state index in [0.717, 1.165) is 24.0 Å². The summed E-state index contributed by atoms with van der Waals surface area (Å²) in [7, 11) is 1.97. The molecule has 0 aliphatic carbocycles. The predicted molar refractivity (Wildman–Crippen MR) is 83.6 cm³/mol. The van der Waals surface area contributed by atoms with Crippen molar-refractivity contribution in [2.75, 3.05) is 25.0 Å². The summed E-state index contributed by atoms with van der Waals surface area (Å²) in [6.07, 6.45) is 0.705. The normalized spacial score (nSPS) is 25.4. The number of benzene rings is 1. The van der Waals surface area contributed by atoms with E-state index in [1.165, 1.54) is 11.3 Å². The van der Waals surface area contributed by atoms with Gasteiger partial charge in [0.05, 0.1) is 6.10 Å². The van der Waals surface area contributed by atoms with Crippen molar-refractivity contribution in [3.8, 4) is 0 Å². The molecule has 2 rings (SSSR count). The van der Waals surface area contributed by atoms with Gasteiger partial charge in [0, 0.05) is 29.3 Å². The van der Waals surface area contributed by atoms with E-state index < -0.39 is 0 Å². The number of aliphatic hydroxyl groups excluding tert-OH is 1. The number of halogens is 1. The van der Waals surface area contributed by atoms with E-state index in [4.69, 9.17) is 0 Å². The van der Waals surface area contributed by atoms with Gasteiger partial charge in [0.25, 0.3) is 0 Å². The first-order valence-electron chi connectivity index (χ1n) is 6.92. The van der Waals surface area contributed by atoms with Gasteiger partial charge in [0.15, 0.2) is 0 Å². The summed E-state index contributed by atoms with van der Waals surface area (Å²) in [5.74, 6) is 0.337. The van der Waals surface area contributed by atoms with E-state index in [1.807, 2.05) is 7.05 Å². The second kappa shape index (κ2) is 6.25. The average molecular weight is 327 g/mol. The zero-order valence-corrected chi connectivity index (χ0v) is 13.4. The maximum absolute atomic E-state index is 9.80. The quantitative estimate of drug-likeness (QED) is 0.896. The van der Waals surface area contributed by atoms with E-state index >= 15 is 0 Å². The third-order valence-corrected chi connectivity index (χ3v) is 4.80. The molecule has 4 heteroatoms. The Balaban J connectivity index is 2.16. The first kappa shape index (κ1) is 14.8. The number of hydrogen-bond donors (Lipinski definition) is 2. The molecule has 1 fully saturated rings. The van der Waals surface area contributed by atoms with Crippen LogP contribution in [0.25, 0.3) is 0 Å². The largest absolute Gasteiger partial charge is 0.393 e. The smallest absolute Gasteiger partial charge is 0.0599 e. The summed E-state index contributed by atoms with van der Waals surface area (Å²) < 4.78 is 1.14. The SMILES string of the molecule is CNC(C)c1ccc(N2CCC(O)C(C)C2)cc1Br. The van der Waals surface area contributed by atoms with Crippen LogP contribution in [0.1, 0.15) is 31.9 Å². The van der Waals surface area contributed by atoms with E-state index in [9.17, 15) is 5.11 Å². The predicted octanol–water partition coefficient (Wildman–Crippen LogP) is 2.94. The summed E-state index contributed by atoms with van der Waals surface area (Å²) in [5, 5.41) is 13.1. The zero-order chi connectivity index (χ0) is 14.0. The van der Waals surface area contributed by atoms with Crippen molar-refractivity contribution in [1.82, 2.24) is 5.32 Å². The van der Waals surface area contributed by atoms with E-state index in [1.54, 1.807) is 0 Å². The molecule has 1 aliphatic rings. The molecule has 3 atom stereocenters. The molecule has 1 aliphatic heterocycles. The van der Waals surface area contributed by atoms with Crippen molar-refractivity contribution in [3.63, 3.8) is 0 Å². The number of anilines is 1. The van der Waals surface area contributed by atoms with E-state index in [0.29, 0.717) is 12.0 Å². The van der Waals surface area contributed by atoms with Crippen molar-refractivity contribution in [1.29, 1.82) is 0 Å². The van der Waals surface area contributed by atoms with Crippen LogP contribution in [0.2, 0.25) is 0 Å². The third kappa shape index (κ3) is 3.30. The lowest BCUT2D eigenvalue weighted by molar-refractivity contribution is 0.0971. The second-order valence-corrected chi connectivity index (χ2v) is 6.35. The summed E-state index contributed by atoms with van der Waals surface area (Å²) in [6, 6.07) is 6.88. The molecule has 0 amide bonds. The lowest BCUT2D eigenvalue weighted by atomic mass is 9.96. The molecule has 1 heterocycles. The highest BCUT2D eigenvalue weighted by Gasteiger charge is 2.24. The molecule has 1 aromatic carbocycles. The summed E-state index contributed by atoms with van der Waals surface area (Å²) in [5.41, 5.74) is 2.51. The van der Waals surface area contributed by atoms with Crippen LogP contribution in [0.5, 0.6) is 0 Å². The van der Waals surface area contributed by atoms with Gasteiger partial charge in [-0.15, -0.1) is 0 Å². The fourth-order valence-electron chi connectivity index (χ4n) is 2.59. The molecule has 106 valence electrons. The molecular formula is C15H23BrN2O. The highest BCUT2D eigenvalue weighted by molar-refractivity contribution is 9.10.